The normalized spacial score (nSPS) is 15.3. The fourth-order valence-corrected chi connectivity index (χ4v) is 4.81. The highest BCUT2D eigenvalue weighted by Crippen LogP contribution is 2.25. The molecule has 0 saturated carbocycles. The van der Waals surface area contributed by atoms with Gasteiger partial charge in [0.05, 0.1) is 24.5 Å². The first kappa shape index (κ1) is 16.9. The summed E-state index contributed by atoms with van der Waals surface area (Å²) in [6.07, 6.45) is 0. The van der Waals surface area contributed by atoms with E-state index in [0.717, 1.165) is 4.88 Å². The van der Waals surface area contributed by atoms with Gasteiger partial charge in [0.1, 0.15) is 4.21 Å². The molecular weight excluding hydrogens is 348 g/mol. The Morgan fingerprint density at radius 1 is 1.17 bits per heavy atom. The molecule has 1 aliphatic heterocycles. The average molecular weight is 366 g/mol. The van der Waals surface area contributed by atoms with E-state index in [4.69, 9.17) is 4.74 Å². The van der Waals surface area contributed by atoms with Crippen LogP contribution in [-0.4, -0.2) is 45.5 Å². The molecule has 1 aromatic carbocycles. The number of para-hydroxylation sites is 1. The quantitative estimate of drug-likeness (QED) is 0.901. The summed E-state index contributed by atoms with van der Waals surface area (Å²) in [5, 5.41) is 0. The lowest BCUT2D eigenvalue weighted by molar-refractivity contribution is 0.0303. The predicted octanol–water partition coefficient (Wildman–Crippen LogP) is 2.33. The molecular formula is C16H18N2O4S2. The molecule has 3 rings (SSSR count). The zero-order chi connectivity index (χ0) is 17.2. The lowest BCUT2D eigenvalue weighted by atomic mass is 10.1. The summed E-state index contributed by atoms with van der Waals surface area (Å²) < 4.78 is 33.1. The highest BCUT2D eigenvalue weighted by atomic mass is 32.2. The van der Waals surface area contributed by atoms with E-state index in [2.05, 4.69) is 4.72 Å². The van der Waals surface area contributed by atoms with Crippen LogP contribution < -0.4 is 4.72 Å². The number of hydrogen-bond acceptors (Lipinski definition) is 5. The van der Waals surface area contributed by atoms with Gasteiger partial charge < -0.3 is 9.64 Å². The molecule has 1 N–H and O–H groups in total. The minimum absolute atomic E-state index is 0.195. The standard InChI is InChI=1S/C16H18N2O4S2/c1-12-6-7-15(23-12)24(20,21)17-14-5-3-2-4-13(14)16(19)18-8-10-22-11-9-18/h2-7,17H,8-11H2,1H3. The van der Waals surface area contributed by atoms with Gasteiger partial charge in [-0.2, -0.15) is 0 Å². The van der Waals surface area contributed by atoms with Crippen LogP contribution in [0.3, 0.4) is 0 Å². The van der Waals surface area contributed by atoms with Gasteiger partial charge in [0, 0.05) is 18.0 Å². The van der Waals surface area contributed by atoms with Gasteiger partial charge in [0.15, 0.2) is 0 Å². The molecule has 1 saturated heterocycles. The molecule has 1 fully saturated rings. The second-order valence-electron chi connectivity index (χ2n) is 5.42. The number of benzene rings is 1. The summed E-state index contributed by atoms with van der Waals surface area (Å²) in [6, 6.07) is 9.98. The Bertz CT molecular complexity index is 839. The maximum atomic E-state index is 12.7. The SMILES string of the molecule is Cc1ccc(S(=O)(=O)Nc2ccccc2C(=O)N2CCOCC2)s1. The van der Waals surface area contributed by atoms with Crippen molar-refractivity contribution in [1.82, 2.24) is 4.90 Å². The zero-order valence-corrected chi connectivity index (χ0v) is 14.8. The maximum absolute atomic E-state index is 12.7. The van der Waals surface area contributed by atoms with E-state index in [-0.39, 0.29) is 10.1 Å². The molecule has 2 heterocycles. The molecule has 1 aromatic heterocycles. The number of anilines is 1. The van der Waals surface area contributed by atoms with Crippen molar-refractivity contribution in [3.8, 4) is 0 Å². The number of nitrogens with one attached hydrogen (secondary N) is 1. The molecule has 0 atom stereocenters. The largest absolute Gasteiger partial charge is 0.378 e. The number of ether oxygens (including phenoxy) is 1. The summed E-state index contributed by atoms with van der Waals surface area (Å²) in [5.74, 6) is -0.195. The number of sulfonamides is 1. The first-order valence-electron chi connectivity index (χ1n) is 7.53. The third-order valence-corrected chi connectivity index (χ3v) is 6.54. The van der Waals surface area contributed by atoms with Gasteiger partial charge in [-0.05, 0) is 31.2 Å². The van der Waals surface area contributed by atoms with Gasteiger partial charge in [0.2, 0.25) is 0 Å². The highest BCUT2D eigenvalue weighted by molar-refractivity contribution is 7.94. The van der Waals surface area contributed by atoms with Crippen molar-refractivity contribution in [3.05, 3.63) is 46.8 Å². The lowest BCUT2D eigenvalue weighted by Crippen LogP contribution is -2.41. The molecule has 0 spiro atoms. The Kier molecular flexibility index (Phi) is 4.88. The van der Waals surface area contributed by atoms with Gasteiger partial charge >= 0.3 is 0 Å². The second kappa shape index (κ2) is 6.92. The molecule has 128 valence electrons. The number of rotatable bonds is 4. The fourth-order valence-electron chi connectivity index (χ4n) is 2.45. The van der Waals surface area contributed by atoms with E-state index in [0.29, 0.717) is 37.6 Å². The number of hydrogen-bond donors (Lipinski definition) is 1. The van der Waals surface area contributed by atoms with Gasteiger partial charge in [-0.25, -0.2) is 8.42 Å². The molecule has 24 heavy (non-hydrogen) atoms. The van der Waals surface area contributed by atoms with Crippen LogP contribution in [0.5, 0.6) is 0 Å². The van der Waals surface area contributed by atoms with Crippen molar-refractivity contribution in [1.29, 1.82) is 0 Å². The van der Waals surface area contributed by atoms with Crippen molar-refractivity contribution in [2.75, 3.05) is 31.0 Å². The summed E-state index contributed by atoms with van der Waals surface area (Å²) >= 11 is 1.19. The molecule has 2 aromatic rings. The van der Waals surface area contributed by atoms with E-state index < -0.39 is 10.0 Å². The van der Waals surface area contributed by atoms with Crippen LogP contribution in [0, 0.1) is 6.92 Å². The van der Waals surface area contributed by atoms with E-state index in [9.17, 15) is 13.2 Å². The van der Waals surface area contributed by atoms with Crippen LogP contribution >= 0.6 is 11.3 Å². The van der Waals surface area contributed by atoms with E-state index in [1.54, 1.807) is 41.3 Å². The summed E-state index contributed by atoms with van der Waals surface area (Å²) in [7, 11) is -3.71. The fraction of sp³-hybridized carbons (Fsp3) is 0.312. The van der Waals surface area contributed by atoms with Gasteiger partial charge in [-0.3, -0.25) is 9.52 Å². The minimum atomic E-state index is -3.71. The Morgan fingerprint density at radius 3 is 2.54 bits per heavy atom. The van der Waals surface area contributed by atoms with E-state index in [1.165, 1.54) is 11.3 Å². The monoisotopic (exact) mass is 366 g/mol. The topological polar surface area (TPSA) is 75.7 Å². The molecule has 0 aliphatic carbocycles. The van der Waals surface area contributed by atoms with Crippen LogP contribution in [0.25, 0.3) is 0 Å². The van der Waals surface area contributed by atoms with Crippen molar-refractivity contribution in [2.45, 2.75) is 11.1 Å². The van der Waals surface area contributed by atoms with Crippen molar-refractivity contribution in [3.63, 3.8) is 0 Å². The van der Waals surface area contributed by atoms with E-state index >= 15 is 0 Å². The van der Waals surface area contributed by atoms with Gasteiger partial charge in [0.25, 0.3) is 15.9 Å². The van der Waals surface area contributed by atoms with Gasteiger partial charge in [-0.15, -0.1) is 11.3 Å². The van der Waals surface area contributed by atoms with Crippen LogP contribution in [0.4, 0.5) is 5.69 Å². The molecule has 6 nitrogen and oxygen atoms in total. The summed E-state index contributed by atoms with van der Waals surface area (Å²) in [5.41, 5.74) is 0.635. The second-order valence-corrected chi connectivity index (χ2v) is 8.62. The molecule has 0 unspecified atom stereocenters. The number of morpholine rings is 1. The number of amides is 1. The Balaban J connectivity index is 1.88. The number of thiophene rings is 1. The van der Waals surface area contributed by atoms with Crippen molar-refractivity contribution >= 4 is 33.0 Å². The minimum Gasteiger partial charge on any atom is -0.378 e. The Hall–Kier alpha value is -1.90. The van der Waals surface area contributed by atoms with Crippen LogP contribution in [-0.2, 0) is 14.8 Å². The van der Waals surface area contributed by atoms with Crippen LogP contribution in [0.15, 0.2) is 40.6 Å². The van der Waals surface area contributed by atoms with Crippen LogP contribution in [0.1, 0.15) is 15.2 Å². The van der Waals surface area contributed by atoms with Crippen molar-refractivity contribution in [2.24, 2.45) is 0 Å². The summed E-state index contributed by atoms with van der Waals surface area (Å²) in [4.78, 5) is 15.3. The molecule has 0 bridgehead atoms. The molecule has 8 heteroatoms. The average Bonchev–Trinajstić information content (AvgIpc) is 3.03. The summed E-state index contributed by atoms with van der Waals surface area (Å²) in [6.45, 7) is 3.84. The molecule has 1 amide bonds. The number of nitrogens with zero attached hydrogens (tertiary/aromatic N) is 1. The van der Waals surface area contributed by atoms with E-state index in [1.807, 2.05) is 6.92 Å². The Morgan fingerprint density at radius 2 is 1.88 bits per heavy atom. The first-order valence-corrected chi connectivity index (χ1v) is 9.83. The lowest BCUT2D eigenvalue weighted by Gasteiger charge is -2.27. The maximum Gasteiger partial charge on any atom is 0.271 e. The zero-order valence-electron chi connectivity index (χ0n) is 13.2. The third kappa shape index (κ3) is 3.61. The van der Waals surface area contributed by atoms with Gasteiger partial charge in [-0.1, -0.05) is 12.1 Å². The van der Waals surface area contributed by atoms with Crippen LogP contribution in [0.2, 0.25) is 0 Å². The third-order valence-electron chi connectivity index (χ3n) is 3.68. The number of carbonyl (C=O) groups excluding carboxylic acids is 1. The molecule has 1 aliphatic rings. The smallest absolute Gasteiger partial charge is 0.271 e. The Labute approximate surface area is 145 Å². The highest BCUT2D eigenvalue weighted by Gasteiger charge is 2.24. The number of aryl methyl sites for hydroxylation is 1. The number of carbonyl (C=O) groups is 1. The predicted molar refractivity (Wildman–Crippen MR) is 93.0 cm³/mol. The van der Waals surface area contributed by atoms with Crippen molar-refractivity contribution < 1.29 is 17.9 Å². The molecule has 0 radical (unpaired) electrons. The first-order chi connectivity index (χ1) is 11.5.